The number of nitrogens with one attached hydrogen (secondary N) is 1. The van der Waals surface area contributed by atoms with Gasteiger partial charge < -0.3 is 0 Å². The molecule has 0 aliphatic rings. The third kappa shape index (κ3) is 3.85. The Balaban J connectivity index is 2.28. The van der Waals surface area contributed by atoms with Crippen LogP contribution >= 0.6 is 15.9 Å². The molecular formula is C15H12BrF3N2. The van der Waals surface area contributed by atoms with Crippen LogP contribution in [0.2, 0.25) is 0 Å². The van der Waals surface area contributed by atoms with Gasteiger partial charge in [-0.25, -0.2) is 0 Å². The van der Waals surface area contributed by atoms with Gasteiger partial charge in [-0.15, -0.1) is 0 Å². The Morgan fingerprint density at radius 3 is 2.33 bits per heavy atom. The monoisotopic (exact) mass is 356 g/mol. The van der Waals surface area contributed by atoms with Crippen molar-refractivity contribution in [2.24, 2.45) is 5.10 Å². The molecule has 2 aromatic rings. The van der Waals surface area contributed by atoms with E-state index in [1.807, 2.05) is 24.3 Å². The molecule has 2 aromatic carbocycles. The van der Waals surface area contributed by atoms with Crippen molar-refractivity contribution in [1.82, 2.24) is 0 Å². The summed E-state index contributed by atoms with van der Waals surface area (Å²) in [6.07, 6.45) is -4.42. The second-order valence-electron chi connectivity index (χ2n) is 4.33. The highest BCUT2D eigenvalue weighted by molar-refractivity contribution is 9.10. The van der Waals surface area contributed by atoms with E-state index in [1.165, 1.54) is 18.2 Å². The number of para-hydroxylation sites is 1. The molecule has 6 heteroatoms. The van der Waals surface area contributed by atoms with Crippen molar-refractivity contribution in [2.45, 2.75) is 13.1 Å². The largest absolute Gasteiger partial charge is 0.418 e. The van der Waals surface area contributed by atoms with E-state index in [9.17, 15) is 13.2 Å². The van der Waals surface area contributed by atoms with Crippen LogP contribution in [0.15, 0.2) is 58.1 Å². The summed E-state index contributed by atoms with van der Waals surface area (Å²) in [6.45, 7) is 1.73. The van der Waals surface area contributed by atoms with E-state index < -0.39 is 11.7 Å². The van der Waals surface area contributed by atoms with Crippen molar-refractivity contribution in [3.63, 3.8) is 0 Å². The van der Waals surface area contributed by atoms with Crippen LogP contribution in [0.5, 0.6) is 0 Å². The van der Waals surface area contributed by atoms with E-state index in [0.29, 0.717) is 5.71 Å². The van der Waals surface area contributed by atoms with Gasteiger partial charge in [0.25, 0.3) is 0 Å². The Kier molecular flexibility index (Phi) is 4.67. The van der Waals surface area contributed by atoms with Gasteiger partial charge in [-0.2, -0.15) is 18.3 Å². The molecule has 0 atom stereocenters. The van der Waals surface area contributed by atoms with Crippen molar-refractivity contribution < 1.29 is 13.2 Å². The average molecular weight is 357 g/mol. The number of alkyl halides is 3. The van der Waals surface area contributed by atoms with Crippen molar-refractivity contribution in [1.29, 1.82) is 0 Å². The number of hydrogen-bond donors (Lipinski definition) is 1. The lowest BCUT2D eigenvalue weighted by molar-refractivity contribution is -0.136. The number of hydrazone groups is 1. The van der Waals surface area contributed by atoms with Gasteiger partial charge in [-0.05, 0) is 25.1 Å². The van der Waals surface area contributed by atoms with Crippen LogP contribution in [0.25, 0.3) is 0 Å². The zero-order chi connectivity index (χ0) is 15.5. The van der Waals surface area contributed by atoms with Crippen LogP contribution in [0.3, 0.4) is 0 Å². The molecule has 2 rings (SSSR count). The zero-order valence-electron chi connectivity index (χ0n) is 11.1. The highest BCUT2D eigenvalue weighted by atomic mass is 79.9. The molecule has 0 saturated heterocycles. The first kappa shape index (κ1) is 15.6. The molecule has 0 heterocycles. The molecule has 21 heavy (non-hydrogen) atoms. The molecule has 0 aliphatic heterocycles. The van der Waals surface area contributed by atoms with Crippen LogP contribution in [0, 0.1) is 0 Å². The Hall–Kier alpha value is -1.82. The number of benzene rings is 2. The standard InChI is InChI=1S/C15H12BrF3N2/c1-10(11-6-2-4-8-13(11)16)20-21-14-9-5-3-7-12(14)15(17,18)19/h2-9,21H,1H3. The molecule has 0 fully saturated rings. The van der Waals surface area contributed by atoms with Gasteiger partial charge in [-0.1, -0.05) is 46.3 Å². The first-order valence-electron chi connectivity index (χ1n) is 6.11. The average Bonchev–Trinajstić information content (AvgIpc) is 2.44. The Bertz CT molecular complexity index is 666. The summed E-state index contributed by atoms with van der Waals surface area (Å²) in [5.74, 6) is 0. The fraction of sp³-hybridized carbons (Fsp3) is 0.133. The molecule has 0 unspecified atom stereocenters. The van der Waals surface area contributed by atoms with E-state index >= 15 is 0 Å². The maximum Gasteiger partial charge on any atom is 0.418 e. The molecule has 1 N–H and O–H groups in total. The molecular weight excluding hydrogens is 345 g/mol. The van der Waals surface area contributed by atoms with Gasteiger partial charge in [-0.3, -0.25) is 5.43 Å². The van der Waals surface area contributed by atoms with Crippen LogP contribution in [0.4, 0.5) is 18.9 Å². The summed E-state index contributed by atoms with van der Waals surface area (Å²) < 4.78 is 39.4. The fourth-order valence-electron chi connectivity index (χ4n) is 1.79. The molecule has 0 aromatic heterocycles. The number of rotatable bonds is 3. The normalized spacial score (nSPS) is 12.3. The summed E-state index contributed by atoms with van der Waals surface area (Å²) in [5, 5.41) is 4.04. The molecule has 0 aliphatic carbocycles. The Morgan fingerprint density at radius 1 is 1.05 bits per heavy atom. The molecule has 0 radical (unpaired) electrons. The van der Waals surface area contributed by atoms with E-state index in [1.54, 1.807) is 6.92 Å². The van der Waals surface area contributed by atoms with E-state index in [0.717, 1.165) is 16.1 Å². The van der Waals surface area contributed by atoms with Crippen molar-refractivity contribution in [3.05, 3.63) is 64.1 Å². The smallest absolute Gasteiger partial charge is 0.278 e. The van der Waals surface area contributed by atoms with E-state index in [2.05, 4.69) is 26.5 Å². The topological polar surface area (TPSA) is 24.4 Å². The minimum absolute atomic E-state index is 0.0728. The zero-order valence-corrected chi connectivity index (χ0v) is 12.7. The SMILES string of the molecule is CC(=NNc1ccccc1C(F)(F)F)c1ccccc1Br. The van der Waals surface area contributed by atoms with E-state index in [-0.39, 0.29) is 5.69 Å². The number of hydrogen-bond acceptors (Lipinski definition) is 2. The van der Waals surface area contributed by atoms with Gasteiger partial charge in [0.05, 0.1) is 17.0 Å². The maximum atomic E-state index is 12.9. The quantitative estimate of drug-likeness (QED) is 0.585. The number of halogens is 4. The maximum absolute atomic E-state index is 12.9. The van der Waals surface area contributed by atoms with Gasteiger partial charge in [0, 0.05) is 10.0 Å². The predicted molar refractivity (Wildman–Crippen MR) is 81.4 cm³/mol. The summed E-state index contributed by atoms with van der Waals surface area (Å²) in [7, 11) is 0. The molecule has 2 nitrogen and oxygen atoms in total. The minimum atomic E-state index is -4.42. The van der Waals surface area contributed by atoms with Gasteiger partial charge in [0.2, 0.25) is 0 Å². The highest BCUT2D eigenvalue weighted by Crippen LogP contribution is 2.34. The second kappa shape index (κ2) is 6.30. The lowest BCUT2D eigenvalue weighted by Gasteiger charge is -2.12. The first-order chi connectivity index (χ1) is 9.89. The highest BCUT2D eigenvalue weighted by Gasteiger charge is 2.33. The summed E-state index contributed by atoms with van der Waals surface area (Å²) in [6, 6.07) is 12.6. The predicted octanol–water partition coefficient (Wildman–Crippen LogP) is 5.30. The number of nitrogens with zero attached hydrogens (tertiary/aromatic N) is 1. The van der Waals surface area contributed by atoms with Gasteiger partial charge >= 0.3 is 6.18 Å². The Labute approximate surface area is 128 Å². The van der Waals surface area contributed by atoms with E-state index in [4.69, 9.17) is 0 Å². The second-order valence-corrected chi connectivity index (χ2v) is 5.19. The lowest BCUT2D eigenvalue weighted by atomic mass is 10.1. The molecule has 0 amide bonds. The van der Waals surface area contributed by atoms with Gasteiger partial charge in [0.15, 0.2) is 0 Å². The summed E-state index contributed by atoms with van der Waals surface area (Å²) in [4.78, 5) is 0. The van der Waals surface area contributed by atoms with Crippen LogP contribution < -0.4 is 5.43 Å². The minimum Gasteiger partial charge on any atom is -0.278 e. The van der Waals surface area contributed by atoms with Crippen LogP contribution in [-0.2, 0) is 6.18 Å². The van der Waals surface area contributed by atoms with Crippen molar-refractivity contribution in [3.8, 4) is 0 Å². The third-order valence-corrected chi connectivity index (χ3v) is 3.53. The van der Waals surface area contributed by atoms with Crippen LogP contribution in [0.1, 0.15) is 18.1 Å². The lowest BCUT2D eigenvalue weighted by Crippen LogP contribution is -2.09. The molecule has 0 bridgehead atoms. The first-order valence-corrected chi connectivity index (χ1v) is 6.90. The molecule has 110 valence electrons. The van der Waals surface area contributed by atoms with Crippen molar-refractivity contribution >= 4 is 27.3 Å². The molecule has 0 saturated carbocycles. The summed E-state index contributed by atoms with van der Waals surface area (Å²) in [5.41, 5.74) is 3.07. The third-order valence-electron chi connectivity index (χ3n) is 2.84. The van der Waals surface area contributed by atoms with Crippen LogP contribution in [-0.4, -0.2) is 5.71 Å². The van der Waals surface area contributed by atoms with Crippen molar-refractivity contribution in [2.75, 3.05) is 5.43 Å². The van der Waals surface area contributed by atoms with Gasteiger partial charge in [0.1, 0.15) is 0 Å². The molecule has 0 spiro atoms. The number of anilines is 1. The fourth-order valence-corrected chi connectivity index (χ4v) is 2.36. The Morgan fingerprint density at radius 2 is 1.67 bits per heavy atom. The summed E-state index contributed by atoms with van der Waals surface area (Å²) >= 11 is 3.38.